The second kappa shape index (κ2) is 5.40. The summed E-state index contributed by atoms with van der Waals surface area (Å²) in [5.74, 6) is 2.18. The van der Waals surface area contributed by atoms with E-state index >= 15 is 0 Å². The van der Waals surface area contributed by atoms with E-state index in [9.17, 15) is 0 Å². The Labute approximate surface area is 116 Å². The fourth-order valence-electron chi connectivity index (χ4n) is 1.45. The molecule has 6 heteroatoms. The van der Waals surface area contributed by atoms with Crippen molar-refractivity contribution >= 4 is 17.4 Å². The van der Waals surface area contributed by atoms with Crippen LogP contribution in [0, 0.1) is 6.92 Å². The second-order valence-electron chi connectivity index (χ2n) is 4.49. The van der Waals surface area contributed by atoms with Gasteiger partial charge in [0.1, 0.15) is 17.4 Å². The molecule has 2 aromatic rings. The molecule has 0 unspecified atom stereocenters. The number of anilines is 1. The minimum Gasteiger partial charge on any atom is -0.437 e. The summed E-state index contributed by atoms with van der Waals surface area (Å²) in [5.41, 5.74) is 6.57. The van der Waals surface area contributed by atoms with Crippen molar-refractivity contribution in [2.75, 3.05) is 5.73 Å². The maximum absolute atomic E-state index is 5.87. The fraction of sp³-hybridized carbons (Fsp3) is 0.308. The largest absolute Gasteiger partial charge is 0.437 e. The summed E-state index contributed by atoms with van der Waals surface area (Å²) < 4.78 is 5.68. The van der Waals surface area contributed by atoms with Gasteiger partial charge < -0.3 is 10.5 Å². The van der Waals surface area contributed by atoms with Gasteiger partial charge >= 0.3 is 0 Å². The van der Waals surface area contributed by atoms with Gasteiger partial charge in [-0.15, -0.1) is 0 Å². The van der Waals surface area contributed by atoms with Gasteiger partial charge in [0, 0.05) is 18.2 Å². The third-order valence-electron chi connectivity index (χ3n) is 2.57. The maximum Gasteiger partial charge on any atom is 0.227 e. The quantitative estimate of drug-likeness (QED) is 0.932. The minimum absolute atomic E-state index is 0.169. The van der Waals surface area contributed by atoms with Crippen molar-refractivity contribution in [1.82, 2.24) is 15.0 Å². The van der Waals surface area contributed by atoms with Gasteiger partial charge in [-0.05, 0) is 6.92 Å². The molecule has 0 saturated carbocycles. The van der Waals surface area contributed by atoms with Gasteiger partial charge in [-0.25, -0.2) is 4.98 Å². The molecule has 0 amide bonds. The predicted octanol–water partition coefficient (Wildman–Crippen LogP) is 3.33. The first-order chi connectivity index (χ1) is 8.97. The van der Waals surface area contributed by atoms with Gasteiger partial charge in [0.25, 0.3) is 0 Å². The van der Waals surface area contributed by atoms with Crippen LogP contribution < -0.4 is 10.5 Å². The van der Waals surface area contributed by atoms with Crippen molar-refractivity contribution < 1.29 is 4.74 Å². The molecule has 5 nitrogen and oxygen atoms in total. The summed E-state index contributed by atoms with van der Waals surface area (Å²) in [6, 6.07) is 1.67. The Hall–Kier alpha value is -1.88. The van der Waals surface area contributed by atoms with Crippen molar-refractivity contribution in [2.45, 2.75) is 26.7 Å². The molecule has 100 valence electrons. The zero-order valence-corrected chi connectivity index (χ0v) is 11.8. The Balaban J connectivity index is 2.39. The molecule has 0 fully saturated rings. The van der Waals surface area contributed by atoms with Crippen LogP contribution in [0.4, 0.5) is 5.82 Å². The minimum atomic E-state index is 0.169. The number of hydrogen-bond donors (Lipinski definition) is 1. The summed E-state index contributed by atoms with van der Waals surface area (Å²) in [4.78, 5) is 12.6. The number of halogens is 1. The van der Waals surface area contributed by atoms with Crippen LogP contribution in [0.2, 0.25) is 5.02 Å². The second-order valence-corrected chi connectivity index (χ2v) is 4.93. The molecule has 2 heterocycles. The lowest BCUT2D eigenvalue weighted by Gasteiger charge is -2.12. The Morgan fingerprint density at radius 1 is 1.26 bits per heavy atom. The number of pyridine rings is 1. The van der Waals surface area contributed by atoms with Crippen LogP contribution in [0.1, 0.15) is 31.2 Å². The fourth-order valence-corrected chi connectivity index (χ4v) is 1.61. The SMILES string of the molecule is Cc1c(N)nc(C(C)C)nc1Oc1cncc(Cl)c1. The van der Waals surface area contributed by atoms with E-state index < -0.39 is 0 Å². The van der Waals surface area contributed by atoms with Gasteiger partial charge in [-0.3, -0.25) is 4.98 Å². The summed E-state index contributed by atoms with van der Waals surface area (Å²) >= 11 is 5.86. The van der Waals surface area contributed by atoms with Crippen molar-refractivity contribution in [3.8, 4) is 11.6 Å². The highest BCUT2D eigenvalue weighted by molar-refractivity contribution is 6.30. The van der Waals surface area contributed by atoms with Crippen LogP contribution in [-0.4, -0.2) is 15.0 Å². The van der Waals surface area contributed by atoms with Gasteiger partial charge in [-0.2, -0.15) is 4.98 Å². The predicted molar refractivity (Wildman–Crippen MR) is 74.6 cm³/mol. The van der Waals surface area contributed by atoms with Crippen LogP contribution in [0.25, 0.3) is 0 Å². The molecule has 0 aliphatic rings. The van der Waals surface area contributed by atoms with E-state index in [2.05, 4.69) is 15.0 Å². The standard InChI is InChI=1S/C13H15ClN4O/c1-7(2)12-17-11(15)8(3)13(18-12)19-10-4-9(14)5-16-6-10/h4-7H,1-3H3,(H2,15,17,18). The molecule has 0 aromatic carbocycles. The number of ether oxygens (including phenoxy) is 1. The summed E-state index contributed by atoms with van der Waals surface area (Å²) in [7, 11) is 0. The van der Waals surface area contributed by atoms with Gasteiger partial charge in [0.2, 0.25) is 5.88 Å². The average Bonchev–Trinajstić information content (AvgIpc) is 2.34. The third-order valence-corrected chi connectivity index (χ3v) is 2.77. The summed E-state index contributed by atoms with van der Waals surface area (Å²) in [6.07, 6.45) is 3.10. The Bertz CT molecular complexity index is 601. The van der Waals surface area contributed by atoms with E-state index in [1.165, 1.54) is 6.20 Å². The third kappa shape index (κ3) is 3.12. The van der Waals surface area contributed by atoms with E-state index in [-0.39, 0.29) is 5.92 Å². The Kier molecular flexibility index (Phi) is 3.85. The molecule has 2 N–H and O–H groups in total. The number of nitrogen functional groups attached to an aromatic ring is 1. The molecule has 0 atom stereocenters. The van der Waals surface area contributed by atoms with Crippen LogP contribution in [0.3, 0.4) is 0 Å². The average molecular weight is 279 g/mol. The van der Waals surface area contributed by atoms with E-state index in [0.717, 1.165) is 0 Å². The number of rotatable bonds is 3. The molecular formula is C13H15ClN4O. The first-order valence-corrected chi connectivity index (χ1v) is 6.27. The summed E-state index contributed by atoms with van der Waals surface area (Å²) in [6.45, 7) is 5.80. The normalized spacial score (nSPS) is 10.8. The lowest BCUT2D eigenvalue weighted by Crippen LogP contribution is -2.06. The van der Waals surface area contributed by atoms with Gasteiger partial charge in [-0.1, -0.05) is 25.4 Å². The topological polar surface area (TPSA) is 73.9 Å². The number of nitrogens with two attached hydrogens (primary N) is 1. The zero-order valence-electron chi connectivity index (χ0n) is 11.0. The highest BCUT2D eigenvalue weighted by Gasteiger charge is 2.13. The van der Waals surface area contributed by atoms with Crippen molar-refractivity contribution in [2.24, 2.45) is 0 Å². The molecule has 0 radical (unpaired) electrons. The monoisotopic (exact) mass is 278 g/mol. The summed E-state index contributed by atoms with van der Waals surface area (Å²) in [5, 5.41) is 0.501. The molecule has 0 bridgehead atoms. The van der Waals surface area contributed by atoms with E-state index in [1.807, 2.05) is 20.8 Å². The van der Waals surface area contributed by atoms with E-state index in [0.29, 0.717) is 33.9 Å². The maximum atomic E-state index is 5.87. The van der Waals surface area contributed by atoms with Crippen LogP contribution >= 0.6 is 11.6 Å². The molecule has 0 aliphatic carbocycles. The molecular weight excluding hydrogens is 264 g/mol. The Morgan fingerprint density at radius 3 is 2.63 bits per heavy atom. The number of hydrogen-bond acceptors (Lipinski definition) is 5. The van der Waals surface area contributed by atoms with Gasteiger partial charge in [0.15, 0.2) is 0 Å². The van der Waals surface area contributed by atoms with Crippen LogP contribution in [-0.2, 0) is 0 Å². The van der Waals surface area contributed by atoms with Gasteiger partial charge in [0.05, 0.1) is 16.8 Å². The van der Waals surface area contributed by atoms with E-state index in [1.54, 1.807) is 12.3 Å². The smallest absolute Gasteiger partial charge is 0.227 e. The zero-order chi connectivity index (χ0) is 14.0. The Morgan fingerprint density at radius 2 is 2.00 bits per heavy atom. The molecule has 2 aromatic heterocycles. The highest BCUT2D eigenvalue weighted by atomic mass is 35.5. The lowest BCUT2D eigenvalue weighted by atomic mass is 10.2. The van der Waals surface area contributed by atoms with E-state index in [4.69, 9.17) is 22.1 Å². The lowest BCUT2D eigenvalue weighted by molar-refractivity contribution is 0.451. The molecule has 0 aliphatic heterocycles. The first-order valence-electron chi connectivity index (χ1n) is 5.89. The van der Waals surface area contributed by atoms with Crippen molar-refractivity contribution in [3.05, 3.63) is 34.9 Å². The molecule has 2 rings (SSSR count). The highest BCUT2D eigenvalue weighted by Crippen LogP contribution is 2.28. The van der Waals surface area contributed by atoms with Crippen molar-refractivity contribution in [3.63, 3.8) is 0 Å². The van der Waals surface area contributed by atoms with Crippen LogP contribution in [0.15, 0.2) is 18.5 Å². The molecule has 0 saturated heterocycles. The molecule has 0 spiro atoms. The molecule has 19 heavy (non-hydrogen) atoms. The first kappa shape index (κ1) is 13.5. The number of nitrogens with zero attached hydrogens (tertiary/aromatic N) is 3. The van der Waals surface area contributed by atoms with Crippen LogP contribution in [0.5, 0.6) is 11.6 Å². The number of aromatic nitrogens is 3. The van der Waals surface area contributed by atoms with Crippen molar-refractivity contribution in [1.29, 1.82) is 0 Å².